The summed E-state index contributed by atoms with van der Waals surface area (Å²) in [5, 5.41) is 4.16. The third kappa shape index (κ3) is 2.06. The van der Waals surface area contributed by atoms with E-state index in [9.17, 15) is 0 Å². The summed E-state index contributed by atoms with van der Waals surface area (Å²) in [4.78, 5) is 8.49. The van der Waals surface area contributed by atoms with Gasteiger partial charge in [-0.25, -0.2) is 4.98 Å². The molecule has 6 heteroatoms. The van der Waals surface area contributed by atoms with E-state index >= 15 is 0 Å². The Morgan fingerprint density at radius 2 is 1.86 bits per heavy atom. The normalized spacial score (nSPS) is 12.6. The molecule has 0 bridgehead atoms. The van der Waals surface area contributed by atoms with Gasteiger partial charge in [-0.05, 0) is 24.3 Å². The lowest BCUT2D eigenvalue weighted by atomic mass is 10.2. The second-order valence-electron chi connectivity index (χ2n) is 4.64. The van der Waals surface area contributed by atoms with Crippen LogP contribution < -0.4 is 20.5 Å². The highest BCUT2D eigenvalue weighted by atomic mass is 16.7. The number of benzene rings is 2. The Kier molecular flexibility index (Phi) is 2.53. The molecule has 104 valence electrons. The molecule has 1 aromatic heterocycles. The van der Waals surface area contributed by atoms with Gasteiger partial charge in [-0.15, -0.1) is 0 Å². The molecule has 4 rings (SSSR count). The molecule has 0 atom stereocenters. The van der Waals surface area contributed by atoms with Crippen LogP contribution in [0.1, 0.15) is 0 Å². The van der Waals surface area contributed by atoms with Crippen molar-refractivity contribution in [3.05, 3.63) is 42.5 Å². The van der Waals surface area contributed by atoms with Crippen LogP contribution in [0.25, 0.3) is 10.9 Å². The number of ether oxygens (including phenoxy) is 2. The number of rotatable bonds is 2. The first kappa shape index (κ1) is 11.8. The molecule has 0 aliphatic carbocycles. The van der Waals surface area contributed by atoms with Crippen molar-refractivity contribution in [2.24, 2.45) is 0 Å². The molecule has 0 fully saturated rings. The fourth-order valence-corrected chi connectivity index (χ4v) is 2.30. The van der Waals surface area contributed by atoms with Gasteiger partial charge in [0.15, 0.2) is 11.5 Å². The third-order valence-electron chi connectivity index (χ3n) is 3.26. The Morgan fingerprint density at radius 3 is 2.81 bits per heavy atom. The molecular formula is C15H12N4O2. The van der Waals surface area contributed by atoms with Crippen molar-refractivity contribution in [1.29, 1.82) is 0 Å². The molecule has 2 heterocycles. The van der Waals surface area contributed by atoms with Crippen LogP contribution in [0.4, 0.5) is 17.5 Å². The molecule has 0 radical (unpaired) electrons. The van der Waals surface area contributed by atoms with Crippen LogP contribution in [-0.2, 0) is 0 Å². The first-order valence-corrected chi connectivity index (χ1v) is 6.48. The van der Waals surface area contributed by atoms with Crippen LogP contribution in [0, 0.1) is 0 Å². The number of nitrogen functional groups attached to an aromatic ring is 1. The van der Waals surface area contributed by atoms with Gasteiger partial charge in [0.1, 0.15) is 5.82 Å². The van der Waals surface area contributed by atoms with Crippen LogP contribution in [0.2, 0.25) is 0 Å². The molecule has 0 saturated heterocycles. The summed E-state index contributed by atoms with van der Waals surface area (Å²) < 4.78 is 10.7. The van der Waals surface area contributed by atoms with Gasteiger partial charge < -0.3 is 20.5 Å². The number of nitrogens with one attached hydrogen (secondary N) is 1. The minimum atomic E-state index is 0.233. The minimum absolute atomic E-state index is 0.233. The fourth-order valence-electron chi connectivity index (χ4n) is 2.30. The van der Waals surface area contributed by atoms with Gasteiger partial charge in [-0.2, -0.15) is 4.98 Å². The molecule has 21 heavy (non-hydrogen) atoms. The van der Waals surface area contributed by atoms with Crippen molar-refractivity contribution < 1.29 is 9.47 Å². The van der Waals surface area contributed by atoms with E-state index in [1.54, 1.807) is 0 Å². The van der Waals surface area contributed by atoms with Crippen molar-refractivity contribution in [1.82, 2.24) is 9.97 Å². The van der Waals surface area contributed by atoms with E-state index in [2.05, 4.69) is 15.3 Å². The van der Waals surface area contributed by atoms with E-state index in [1.807, 2.05) is 42.5 Å². The zero-order chi connectivity index (χ0) is 14.2. The number of para-hydroxylation sites is 1. The molecule has 1 aliphatic heterocycles. The predicted octanol–water partition coefficient (Wildman–Crippen LogP) is 2.68. The average molecular weight is 280 g/mol. The summed E-state index contributed by atoms with van der Waals surface area (Å²) >= 11 is 0. The standard InChI is InChI=1S/C15H12N4O2/c16-15-18-11-4-2-1-3-10(11)14(19-15)17-9-5-6-12-13(7-9)21-8-20-12/h1-7H,8H2,(H3,16,17,18,19). The van der Waals surface area contributed by atoms with Crippen LogP contribution in [0.5, 0.6) is 11.5 Å². The van der Waals surface area contributed by atoms with E-state index in [-0.39, 0.29) is 12.7 Å². The maximum atomic E-state index is 5.76. The van der Waals surface area contributed by atoms with Crippen molar-refractivity contribution in [2.45, 2.75) is 0 Å². The number of nitrogens with two attached hydrogens (primary N) is 1. The van der Waals surface area contributed by atoms with Gasteiger partial charge in [-0.3, -0.25) is 0 Å². The largest absolute Gasteiger partial charge is 0.454 e. The third-order valence-corrected chi connectivity index (χ3v) is 3.26. The average Bonchev–Trinajstić information content (AvgIpc) is 2.94. The van der Waals surface area contributed by atoms with E-state index in [4.69, 9.17) is 15.2 Å². The number of aromatic nitrogens is 2. The first-order chi connectivity index (χ1) is 10.3. The van der Waals surface area contributed by atoms with Gasteiger partial charge in [0, 0.05) is 17.1 Å². The highest BCUT2D eigenvalue weighted by Gasteiger charge is 2.14. The first-order valence-electron chi connectivity index (χ1n) is 6.48. The molecule has 0 unspecified atom stereocenters. The molecule has 0 saturated carbocycles. The number of hydrogen-bond donors (Lipinski definition) is 2. The van der Waals surface area contributed by atoms with E-state index < -0.39 is 0 Å². The Labute approximate surface area is 120 Å². The predicted molar refractivity (Wildman–Crippen MR) is 79.8 cm³/mol. The Bertz CT molecular complexity index is 835. The maximum absolute atomic E-state index is 5.76. The van der Waals surface area contributed by atoms with Crippen LogP contribution in [-0.4, -0.2) is 16.8 Å². The SMILES string of the molecule is Nc1nc(Nc2ccc3c(c2)OCO3)c2ccccc2n1. The molecule has 1 aliphatic rings. The molecule has 0 amide bonds. The van der Waals surface area contributed by atoms with Gasteiger partial charge >= 0.3 is 0 Å². The summed E-state index contributed by atoms with van der Waals surface area (Å²) in [7, 11) is 0. The summed E-state index contributed by atoms with van der Waals surface area (Å²) in [6, 6.07) is 13.3. The van der Waals surface area contributed by atoms with Crippen molar-refractivity contribution in [2.75, 3.05) is 17.8 Å². The number of anilines is 3. The second-order valence-corrected chi connectivity index (χ2v) is 4.64. The Hall–Kier alpha value is -3.02. The minimum Gasteiger partial charge on any atom is -0.454 e. The van der Waals surface area contributed by atoms with E-state index in [1.165, 1.54) is 0 Å². The fraction of sp³-hybridized carbons (Fsp3) is 0.0667. The molecule has 0 spiro atoms. The van der Waals surface area contributed by atoms with Gasteiger partial charge in [0.05, 0.1) is 5.52 Å². The number of fused-ring (bicyclic) bond motifs is 2. The molecule has 2 aromatic carbocycles. The Morgan fingerprint density at radius 1 is 1.00 bits per heavy atom. The van der Waals surface area contributed by atoms with Crippen molar-refractivity contribution in [3.63, 3.8) is 0 Å². The highest BCUT2D eigenvalue weighted by molar-refractivity contribution is 5.91. The molecule has 3 N–H and O–H groups in total. The zero-order valence-corrected chi connectivity index (χ0v) is 11.0. The summed E-state index contributed by atoms with van der Waals surface area (Å²) in [5.41, 5.74) is 7.41. The smallest absolute Gasteiger partial charge is 0.231 e. The van der Waals surface area contributed by atoms with Crippen LogP contribution in [0.15, 0.2) is 42.5 Å². The number of nitrogens with zero attached hydrogens (tertiary/aromatic N) is 2. The lowest BCUT2D eigenvalue weighted by Gasteiger charge is -2.09. The quantitative estimate of drug-likeness (QED) is 0.751. The maximum Gasteiger partial charge on any atom is 0.231 e. The van der Waals surface area contributed by atoms with Crippen LogP contribution in [0.3, 0.4) is 0 Å². The molecule has 6 nitrogen and oxygen atoms in total. The van der Waals surface area contributed by atoms with Gasteiger partial charge in [0.25, 0.3) is 0 Å². The van der Waals surface area contributed by atoms with E-state index in [0.29, 0.717) is 11.6 Å². The topological polar surface area (TPSA) is 82.3 Å². The lowest BCUT2D eigenvalue weighted by molar-refractivity contribution is 0.174. The summed E-state index contributed by atoms with van der Waals surface area (Å²) in [6.07, 6.45) is 0. The van der Waals surface area contributed by atoms with E-state index in [0.717, 1.165) is 22.3 Å². The highest BCUT2D eigenvalue weighted by Crippen LogP contribution is 2.35. The van der Waals surface area contributed by atoms with Gasteiger partial charge in [0.2, 0.25) is 12.7 Å². The monoisotopic (exact) mass is 280 g/mol. The molecule has 3 aromatic rings. The van der Waals surface area contributed by atoms with Crippen molar-refractivity contribution >= 4 is 28.4 Å². The zero-order valence-electron chi connectivity index (χ0n) is 11.0. The van der Waals surface area contributed by atoms with Crippen LogP contribution >= 0.6 is 0 Å². The number of hydrogen-bond acceptors (Lipinski definition) is 6. The second kappa shape index (κ2) is 4.52. The van der Waals surface area contributed by atoms with Crippen molar-refractivity contribution in [3.8, 4) is 11.5 Å². The lowest BCUT2D eigenvalue weighted by Crippen LogP contribution is -2.01. The molecular weight excluding hydrogens is 268 g/mol. The van der Waals surface area contributed by atoms with Gasteiger partial charge in [-0.1, -0.05) is 12.1 Å². The summed E-state index contributed by atoms with van der Waals surface area (Å²) in [5.74, 6) is 2.35. The Balaban J connectivity index is 1.77. The summed E-state index contributed by atoms with van der Waals surface area (Å²) in [6.45, 7) is 0.252.